The zero-order chi connectivity index (χ0) is 26.7. The molecule has 4 rings (SSSR count). The molecule has 0 saturated heterocycles. The molecule has 37 heavy (non-hydrogen) atoms. The predicted molar refractivity (Wildman–Crippen MR) is 134 cm³/mol. The van der Waals surface area contributed by atoms with Crippen LogP contribution >= 0.6 is 0 Å². The molecule has 2 amide bonds. The lowest BCUT2D eigenvalue weighted by molar-refractivity contribution is 0.253. The SMILES string of the molecule is CCN1C(=O)N(c2c(F)cc(NCCN[C@H](C)CO)cc2F)c2cc(C#N)ccc2-c2cc(F)cnc21. The first-order valence-electron chi connectivity index (χ1n) is 11.7. The molecule has 1 aromatic heterocycles. The zero-order valence-corrected chi connectivity index (χ0v) is 20.2. The summed E-state index contributed by atoms with van der Waals surface area (Å²) in [6.45, 7) is 4.27. The molecule has 11 heteroatoms. The summed E-state index contributed by atoms with van der Waals surface area (Å²) in [6, 6.07) is 8.67. The van der Waals surface area contributed by atoms with Crippen LogP contribution in [0.2, 0.25) is 0 Å². The molecular formula is C26H25F3N6O2. The normalized spacial score (nSPS) is 13.5. The monoisotopic (exact) mass is 510 g/mol. The van der Waals surface area contributed by atoms with Crippen LogP contribution in [0.25, 0.3) is 11.1 Å². The first-order chi connectivity index (χ1) is 17.8. The summed E-state index contributed by atoms with van der Waals surface area (Å²) < 4.78 is 45.2. The van der Waals surface area contributed by atoms with Crippen molar-refractivity contribution in [2.45, 2.75) is 19.9 Å². The lowest BCUT2D eigenvalue weighted by Gasteiger charge is -2.28. The number of halogens is 3. The van der Waals surface area contributed by atoms with Crippen molar-refractivity contribution in [1.29, 1.82) is 5.26 Å². The predicted octanol–water partition coefficient (Wildman–Crippen LogP) is 4.52. The van der Waals surface area contributed by atoms with E-state index in [2.05, 4.69) is 15.6 Å². The van der Waals surface area contributed by atoms with Crippen molar-refractivity contribution in [2.24, 2.45) is 0 Å². The maximum atomic E-state index is 15.5. The number of urea groups is 1. The minimum absolute atomic E-state index is 0.0225. The number of rotatable bonds is 8. The Morgan fingerprint density at radius 1 is 1.11 bits per heavy atom. The highest BCUT2D eigenvalue weighted by molar-refractivity contribution is 6.14. The Morgan fingerprint density at radius 2 is 1.84 bits per heavy atom. The highest BCUT2D eigenvalue weighted by Crippen LogP contribution is 2.45. The molecular weight excluding hydrogens is 485 g/mol. The Kier molecular flexibility index (Phi) is 7.61. The van der Waals surface area contributed by atoms with Gasteiger partial charge in [0.05, 0.1) is 30.1 Å². The number of hydrogen-bond donors (Lipinski definition) is 3. The second-order valence-corrected chi connectivity index (χ2v) is 8.48. The smallest absolute Gasteiger partial charge is 0.334 e. The van der Waals surface area contributed by atoms with E-state index >= 15 is 8.78 Å². The molecule has 3 aromatic rings. The number of hydrogen-bond acceptors (Lipinski definition) is 6. The van der Waals surface area contributed by atoms with Crippen LogP contribution in [0.3, 0.4) is 0 Å². The summed E-state index contributed by atoms with van der Waals surface area (Å²) in [5.41, 5.74) is 0.234. The van der Waals surface area contributed by atoms with Crippen molar-refractivity contribution in [2.75, 3.05) is 41.4 Å². The van der Waals surface area contributed by atoms with Crippen LogP contribution in [0.4, 0.5) is 40.8 Å². The molecule has 1 aliphatic heterocycles. The van der Waals surface area contributed by atoms with Gasteiger partial charge in [-0.05, 0) is 44.2 Å². The van der Waals surface area contributed by atoms with Gasteiger partial charge < -0.3 is 15.7 Å². The molecule has 8 nitrogen and oxygen atoms in total. The fourth-order valence-electron chi connectivity index (χ4n) is 4.15. The van der Waals surface area contributed by atoms with E-state index in [-0.39, 0.29) is 53.1 Å². The summed E-state index contributed by atoms with van der Waals surface area (Å²) in [5, 5.41) is 24.5. The van der Waals surface area contributed by atoms with Gasteiger partial charge in [-0.15, -0.1) is 0 Å². The largest absolute Gasteiger partial charge is 0.395 e. The fraction of sp³-hybridized carbons (Fsp3) is 0.269. The van der Waals surface area contributed by atoms with E-state index in [1.807, 2.05) is 6.07 Å². The zero-order valence-electron chi connectivity index (χ0n) is 20.2. The van der Waals surface area contributed by atoms with E-state index in [1.54, 1.807) is 13.8 Å². The van der Waals surface area contributed by atoms with Gasteiger partial charge in [-0.1, -0.05) is 6.07 Å². The standard InChI is InChI=1S/C26H25F3N6O2/c1-3-34-25-20(9-17(27)13-33-25)19-5-4-16(12-30)8-23(19)35(26(34)37)24-21(28)10-18(11-22(24)29)32-7-6-31-15(2)14-36/h4-5,8-11,13,15,31-32,36H,3,6-7,14H2,1-2H3/t15-/m1/s1. The number of nitrogens with zero attached hydrogens (tertiary/aromatic N) is 4. The average Bonchev–Trinajstić information content (AvgIpc) is 2.98. The Labute approximate surface area is 212 Å². The second-order valence-electron chi connectivity index (χ2n) is 8.48. The van der Waals surface area contributed by atoms with Crippen LogP contribution in [0, 0.1) is 28.8 Å². The summed E-state index contributed by atoms with van der Waals surface area (Å²) in [4.78, 5) is 19.9. The number of fused-ring (bicyclic) bond motifs is 3. The summed E-state index contributed by atoms with van der Waals surface area (Å²) >= 11 is 0. The topological polar surface area (TPSA) is 105 Å². The van der Waals surface area contributed by atoms with Crippen molar-refractivity contribution < 1.29 is 23.1 Å². The van der Waals surface area contributed by atoms with Gasteiger partial charge in [0.2, 0.25) is 0 Å². The van der Waals surface area contributed by atoms with Gasteiger partial charge >= 0.3 is 6.03 Å². The summed E-state index contributed by atoms with van der Waals surface area (Å²) in [5.74, 6) is -2.54. The number of pyridine rings is 1. The minimum atomic E-state index is -1.01. The lowest BCUT2D eigenvalue weighted by atomic mass is 10.0. The van der Waals surface area contributed by atoms with E-state index in [4.69, 9.17) is 5.11 Å². The number of carbonyl (C=O) groups is 1. The molecule has 0 saturated carbocycles. The maximum Gasteiger partial charge on any atom is 0.334 e. The highest BCUT2D eigenvalue weighted by atomic mass is 19.1. The van der Waals surface area contributed by atoms with Crippen LogP contribution in [0.1, 0.15) is 19.4 Å². The van der Waals surface area contributed by atoms with Crippen LogP contribution < -0.4 is 20.4 Å². The number of carbonyl (C=O) groups excluding carboxylic acids is 1. The Bertz CT molecular complexity index is 1350. The third-order valence-electron chi connectivity index (χ3n) is 5.95. The molecule has 0 unspecified atom stereocenters. The number of nitrogens with one attached hydrogen (secondary N) is 2. The molecule has 1 atom stereocenters. The number of aromatic nitrogens is 1. The van der Waals surface area contributed by atoms with Crippen LogP contribution in [0.15, 0.2) is 42.6 Å². The molecule has 0 bridgehead atoms. The van der Waals surface area contributed by atoms with Gasteiger partial charge in [-0.25, -0.2) is 22.9 Å². The third-order valence-corrected chi connectivity index (χ3v) is 5.95. The number of anilines is 4. The fourth-order valence-corrected chi connectivity index (χ4v) is 4.15. The number of benzene rings is 2. The van der Waals surface area contributed by atoms with E-state index < -0.39 is 29.2 Å². The molecule has 0 spiro atoms. The first-order valence-corrected chi connectivity index (χ1v) is 11.7. The van der Waals surface area contributed by atoms with Crippen LogP contribution in [0.5, 0.6) is 0 Å². The maximum absolute atomic E-state index is 15.5. The number of nitriles is 1. The summed E-state index contributed by atoms with van der Waals surface area (Å²) in [6.07, 6.45) is 0.964. The second kappa shape index (κ2) is 10.9. The minimum Gasteiger partial charge on any atom is -0.395 e. The quantitative estimate of drug-likeness (QED) is 0.385. The van der Waals surface area contributed by atoms with Gasteiger partial charge in [0, 0.05) is 42.5 Å². The Hall–Kier alpha value is -4.14. The number of aliphatic hydroxyl groups excluding tert-OH is 1. The van der Waals surface area contributed by atoms with Crippen molar-refractivity contribution in [3.05, 3.63) is 65.6 Å². The third kappa shape index (κ3) is 5.07. The van der Waals surface area contributed by atoms with E-state index in [0.717, 1.165) is 23.2 Å². The Balaban J connectivity index is 1.81. The average molecular weight is 511 g/mol. The number of aliphatic hydroxyl groups is 1. The summed E-state index contributed by atoms with van der Waals surface area (Å²) in [7, 11) is 0. The number of amides is 2. The molecule has 2 aromatic carbocycles. The first kappa shape index (κ1) is 25.9. The molecule has 192 valence electrons. The molecule has 0 aliphatic carbocycles. The van der Waals surface area contributed by atoms with Crippen molar-refractivity contribution in [1.82, 2.24) is 10.3 Å². The van der Waals surface area contributed by atoms with Crippen LogP contribution in [-0.4, -0.2) is 48.4 Å². The van der Waals surface area contributed by atoms with E-state index in [9.17, 15) is 14.4 Å². The van der Waals surface area contributed by atoms with Gasteiger partial charge in [0.15, 0.2) is 11.6 Å². The molecule has 2 heterocycles. The van der Waals surface area contributed by atoms with Gasteiger partial charge in [-0.3, -0.25) is 9.80 Å². The molecule has 1 aliphatic rings. The molecule has 0 radical (unpaired) electrons. The van der Waals surface area contributed by atoms with E-state index in [0.29, 0.717) is 13.1 Å². The van der Waals surface area contributed by atoms with Crippen molar-refractivity contribution in [3.8, 4) is 17.2 Å². The lowest BCUT2D eigenvalue weighted by Crippen LogP contribution is -2.41. The van der Waals surface area contributed by atoms with Gasteiger partial charge in [0.25, 0.3) is 0 Å². The highest BCUT2D eigenvalue weighted by Gasteiger charge is 2.36. The van der Waals surface area contributed by atoms with Crippen LogP contribution in [-0.2, 0) is 0 Å². The molecule has 0 fully saturated rings. The molecule has 3 N–H and O–H groups in total. The van der Waals surface area contributed by atoms with E-state index in [1.165, 1.54) is 29.2 Å². The van der Waals surface area contributed by atoms with Gasteiger partial charge in [-0.2, -0.15) is 5.26 Å². The Morgan fingerprint density at radius 3 is 2.49 bits per heavy atom. The van der Waals surface area contributed by atoms with Crippen molar-refractivity contribution in [3.63, 3.8) is 0 Å². The van der Waals surface area contributed by atoms with Gasteiger partial charge in [0.1, 0.15) is 17.3 Å². The van der Waals surface area contributed by atoms with Crippen molar-refractivity contribution >= 4 is 28.9 Å².